The van der Waals surface area contributed by atoms with Crippen LogP contribution in [0.4, 0.5) is 0 Å². The van der Waals surface area contributed by atoms with E-state index in [0.29, 0.717) is 6.61 Å². The second-order valence-corrected chi connectivity index (χ2v) is 4.43. The van der Waals surface area contributed by atoms with E-state index in [1.165, 1.54) is 0 Å². The molecular formula is C16H19NO2. The van der Waals surface area contributed by atoms with Gasteiger partial charge in [-0.2, -0.15) is 0 Å². The third-order valence-corrected chi connectivity index (χ3v) is 3.10. The van der Waals surface area contributed by atoms with Crippen LogP contribution in [-0.4, -0.2) is 16.7 Å². The molecular weight excluding hydrogens is 238 g/mol. The van der Waals surface area contributed by atoms with Gasteiger partial charge >= 0.3 is 0 Å². The van der Waals surface area contributed by atoms with Gasteiger partial charge in [0, 0.05) is 18.4 Å². The van der Waals surface area contributed by atoms with Crippen molar-refractivity contribution in [2.24, 2.45) is 0 Å². The van der Waals surface area contributed by atoms with Gasteiger partial charge in [-0.3, -0.25) is 4.98 Å². The van der Waals surface area contributed by atoms with Crippen molar-refractivity contribution in [3.8, 4) is 11.3 Å². The fourth-order valence-corrected chi connectivity index (χ4v) is 2.00. The van der Waals surface area contributed by atoms with Gasteiger partial charge in [0.25, 0.3) is 0 Å². The molecule has 0 aliphatic carbocycles. The maximum atomic E-state index is 9.14. The summed E-state index contributed by atoms with van der Waals surface area (Å²) in [5.74, 6) is 0. The molecule has 3 heteroatoms. The first-order valence-corrected chi connectivity index (χ1v) is 6.52. The molecule has 0 saturated heterocycles. The normalized spacial score (nSPS) is 12.4. The van der Waals surface area contributed by atoms with E-state index in [-0.39, 0.29) is 12.7 Å². The average Bonchev–Trinajstić information content (AvgIpc) is 2.48. The molecule has 0 amide bonds. The molecule has 3 nitrogen and oxygen atoms in total. The minimum absolute atomic E-state index is 0.0367. The lowest BCUT2D eigenvalue weighted by Crippen LogP contribution is -1.99. The van der Waals surface area contributed by atoms with E-state index >= 15 is 0 Å². The quantitative estimate of drug-likeness (QED) is 0.893. The molecule has 1 atom stereocenters. The number of pyridine rings is 1. The highest BCUT2D eigenvalue weighted by Gasteiger charge is 2.06. The average molecular weight is 257 g/mol. The molecule has 0 aliphatic rings. The highest BCUT2D eigenvalue weighted by Crippen LogP contribution is 2.22. The summed E-state index contributed by atoms with van der Waals surface area (Å²) in [4.78, 5) is 4.33. The molecule has 0 bridgehead atoms. The van der Waals surface area contributed by atoms with Crippen molar-refractivity contribution in [1.82, 2.24) is 4.98 Å². The summed E-state index contributed by atoms with van der Waals surface area (Å²) >= 11 is 0. The fourth-order valence-electron chi connectivity index (χ4n) is 2.00. The van der Waals surface area contributed by atoms with Crippen molar-refractivity contribution in [1.29, 1.82) is 0 Å². The number of hydrogen-bond donors (Lipinski definition) is 1. The van der Waals surface area contributed by atoms with Gasteiger partial charge in [-0.1, -0.05) is 24.3 Å². The first-order valence-electron chi connectivity index (χ1n) is 6.52. The van der Waals surface area contributed by atoms with Gasteiger partial charge in [-0.25, -0.2) is 0 Å². The second kappa shape index (κ2) is 6.45. The van der Waals surface area contributed by atoms with Gasteiger partial charge in [-0.15, -0.1) is 0 Å². The van der Waals surface area contributed by atoms with Gasteiger partial charge in [0.15, 0.2) is 0 Å². The molecule has 0 unspecified atom stereocenters. The Kier molecular flexibility index (Phi) is 4.66. The van der Waals surface area contributed by atoms with E-state index in [1.807, 2.05) is 38.1 Å². The Morgan fingerprint density at radius 2 is 1.95 bits per heavy atom. The molecule has 100 valence electrons. The minimum atomic E-state index is 0.0367. The topological polar surface area (TPSA) is 42.4 Å². The fraction of sp³-hybridized carbons (Fsp3) is 0.312. The molecule has 0 aliphatic heterocycles. The van der Waals surface area contributed by atoms with Crippen molar-refractivity contribution in [3.63, 3.8) is 0 Å². The van der Waals surface area contributed by atoms with Gasteiger partial charge in [-0.05, 0) is 37.1 Å². The van der Waals surface area contributed by atoms with Gasteiger partial charge < -0.3 is 9.84 Å². The summed E-state index contributed by atoms with van der Waals surface area (Å²) in [6, 6.07) is 11.9. The molecule has 2 rings (SSSR count). The summed E-state index contributed by atoms with van der Waals surface area (Å²) in [5, 5.41) is 9.14. The highest BCUT2D eigenvalue weighted by atomic mass is 16.5. The van der Waals surface area contributed by atoms with Crippen LogP contribution in [0.2, 0.25) is 0 Å². The van der Waals surface area contributed by atoms with Crippen molar-refractivity contribution < 1.29 is 9.84 Å². The minimum Gasteiger partial charge on any atom is -0.392 e. The number of aromatic nitrogens is 1. The number of aliphatic hydroxyl groups is 1. The Hall–Kier alpha value is -1.71. The van der Waals surface area contributed by atoms with Crippen LogP contribution >= 0.6 is 0 Å². The van der Waals surface area contributed by atoms with E-state index in [0.717, 1.165) is 22.4 Å². The van der Waals surface area contributed by atoms with Crippen LogP contribution in [0.5, 0.6) is 0 Å². The van der Waals surface area contributed by atoms with E-state index in [9.17, 15) is 0 Å². The maximum Gasteiger partial charge on any atom is 0.0796 e. The third-order valence-electron chi connectivity index (χ3n) is 3.10. The summed E-state index contributed by atoms with van der Waals surface area (Å²) in [5.41, 5.74) is 3.95. The molecule has 0 fully saturated rings. The predicted octanol–water partition coefficient (Wildman–Crippen LogP) is 3.34. The molecule has 19 heavy (non-hydrogen) atoms. The Bertz CT molecular complexity index is 523. The zero-order valence-electron chi connectivity index (χ0n) is 11.3. The van der Waals surface area contributed by atoms with Crippen molar-refractivity contribution in [2.45, 2.75) is 26.6 Å². The van der Waals surface area contributed by atoms with Gasteiger partial charge in [0.05, 0.1) is 18.4 Å². The van der Waals surface area contributed by atoms with Crippen molar-refractivity contribution in [3.05, 3.63) is 53.7 Å². The maximum absolute atomic E-state index is 9.14. The number of aliphatic hydroxyl groups excluding tert-OH is 1. The molecule has 2 aromatic rings. The van der Waals surface area contributed by atoms with E-state index in [4.69, 9.17) is 9.84 Å². The number of ether oxygens (including phenoxy) is 1. The van der Waals surface area contributed by atoms with E-state index < -0.39 is 0 Å². The summed E-state index contributed by atoms with van der Waals surface area (Å²) in [6.07, 6.45) is 1.83. The smallest absolute Gasteiger partial charge is 0.0796 e. The highest BCUT2D eigenvalue weighted by molar-refractivity contribution is 5.60. The molecule has 0 spiro atoms. The first-order chi connectivity index (χ1) is 9.24. The lowest BCUT2D eigenvalue weighted by Gasteiger charge is -2.12. The lowest BCUT2D eigenvalue weighted by atomic mass is 10.0. The van der Waals surface area contributed by atoms with Gasteiger partial charge in [0.1, 0.15) is 0 Å². The van der Waals surface area contributed by atoms with E-state index in [1.54, 1.807) is 6.20 Å². The zero-order chi connectivity index (χ0) is 13.7. The molecule has 1 aromatic heterocycles. The third kappa shape index (κ3) is 3.40. The zero-order valence-corrected chi connectivity index (χ0v) is 11.3. The Morgan fingerprint density at radius 1 is 1.21 bits per heavy atom. The Labute approximate surface area is 113 Å². The molecule has 0 saturated carbocycles. The number of hydrogen-bond acceptors (Lipinski definition) is 3. The van der Waals surface area contributed by atoms with Gasteiger partial charge in [0.2, 0.25) is 0 Å². The van der Waals surface area contributed by atoms with Crippen LogP contribution in [0.3, 0.4) is 0 Å². The monoisotopic (exact) mass is 257 g/mol. The Balaban J connectivity index is 2.22. The van der Waals surface area contributed by atoms with Crippen LogP contribution in [-0.2, 0) is 11.3 Å². The van der Waals surface area contributed by atoms with Crippen LogP contribution in [0.15, 0.2) is 42.6 Å². The molecule has 1 aromatic carbocycles. The number of rotatable bonds is 5. The Morgan fingerprint density at radius 3 is 2.58 bits per heavy atom. The van der Waals surface area contributed by atoms with Crippen LogP contribution < -0.4 is 0 Å². The summed E-state index contributed by atoms with van der Waals surface area (Å²) in [6.45, 7) is 4.79. The molecule has 1 heterocycles. The SMILES string of the molecule is CCO[C@@H](C)c1ccc(-c2cc(CO)ccn2)cc1. The first kappa shape index (κ1) is 13.7. The number of nitrogens with zero attached hydrogens (tertiary/aromatic N) is 1. The summed E-state index contributed by atoms with van der Waals surface area (Å²) in [7, 11) is 0. The second-order valence-electron chi connectivity index (χ2n) is 4.43. The standard InChI is InChI=1S/C16H19NO2/c1-3-19-12(2)14-4-6-15(7-5-14)16-10-13(11-18)8-9-17-16/h4-10,12,18H,3,11H2,1-2H3/t12-/m0/s1. The molecule has 1 N–H and O–H groups in total. The number of benzene rings is 1. The predicted molar refractivity (Wildman–Crippen MR) is 75.6 cm³/mol. The van der Waals surface area contributed by atoms with Crippen molar-refractivity contribution >= 4 is 0 Å². The van der Waals surface area contributed by atoms with Crippen molar-refractivity contribution in [2.75, 3.05) is 6.61 Å². The van der Waals surface area contributed by atoms with E-state index in [2.05, 4.69) is 17.1 Å². The van der Waals surface area contributed by atoms with Crippen LogP contribution in [0.25, 0.3) is 11.3 Å². The van der Waals surface area contributed by atoms with Crippen LogP contribution in [0.1, 0.15) is 31.1 Å². The largest absolute Gasteiger partial charge is 0.392 e. The van der Waals surface area contributed by atoms with Crippen LogP contribution in [0, 0.1) is 0 Å². The molecule has 0 radical (unpaired) electrons. The lowest BCUT2D eigenvalue weighted by molar-refractivity contribution is 0.0764. The summed E-state index contributed by atoms with van der Waals surface area (Å²) < 4.78 is 5.56.